The molecule has 1 unspecified atom stereocenters. The SMILES string of the molecule is OC1CCN(c2ccc(-c3ccc(F)cc3)nn2)C1. The van der Waals surface area contributed by atoms with E-state index >= 15 is 0 Å². The number of halogens is 1. The fourth-order valence-corrected chi connectivity index (χ4v) is 2.22. The van der Waals surface area contributed by atoms with Crippen LogP contribution < -0.4 is 4.90 Å². The monoisotopic (exact) mass is 259 g/mol. The van der Waals surface area contributed by atoms with Gasteiger partial charge in [0.15, 0.2) is 5.82 Å². The van der Waals surface area contributed by atoms with E-state index in [1.807, 2.05) is 17.0 Å². The van der Waals surface area contributed by atoms with Gasteiger partial charge in [-0.05, 0) is 42.8 Å². The molecule has 1 N–H and O–H groups in total. The fraction of sp³-hybridized carbons (Fsp3) is 0.286. The van der Waals surface area contributed by atoms with Crippen LogP contribution in [0.2, 0.25) is 0 Å². The molecule has 1 aromatic heterocycles. The minimum atomic E-state index is -0.279. The molecule has 2 heterocycles. The van der Waals surface area contributed by atoms with Crippen molar-refractivity contribution in [2.75, 3.05) is 18.0 Å². The molecule has 2 aromatic rings. The van der Waals surface area contributed by atoms with Gasteiger partial charge >= 0.3 is 0 Å². The Morgan fingerprint density at radius 2 is 1.89 bits per heavy atom. The maximum absolute atomic E-state index is 12.8. The van der Waals surface area contributed by atoms with Crippen molar-refractivity contribution in [2.24, 2.45) is 0 Å². The zero-order valence-electron chi connectivity index (χ0n) is 10.3. The van der Waals surface area contributed by atoms with E-state index in [1.165, 1.54) is 12.1 Å². The fourth-order valence-electron chi connectivity index (χ4n) is 2.22. The first kappa shape index (κ1) is 12.0. The molecule has 1 aliphatic heterocycles. The predicted octanol–water partition coefficient (Wildman–Crippen LogP) is 1.85. The number of benzene rings is 1. The van der Waals surface area contributed by atoms with Gasteiger partial charge in [0.05, 0.1) is 11.8 Å². The highest BCUT2D eigenvalue weighted by Gasteiger charge is 2.21. The van der Waals surface area contributed by atoms with Crippen molar-refractivity contribution in [3.8, 4) is 11.3 Å². The number of aliphatic hydroxyl groups excluding tert-OH is 1. The molecular weight excluding hydrogens is 245 g/mol. The summed E-state index contributed by atoms with van der Waals surface area (Å²) in [5.74, 6) is 0.502. The lowest BCUT2D eigenvalue weighted by Crippen LogP contribution is -2.22. The van der Waals surface area contributed by atoms with Crippen LogP contribution >= 0.6 is 0 Å². The van der Waals surface area contributed by atoms with Crippen molar-refractivity contribution in [3.63, 3.8) is 0 Å². The highest BCUT2D eigenvalue weighted by molar-refractivity contribution is 5.59. The number of hydrogen-bond acceptors (Lipinski definition) is 4. The Labute approximate surface area is 110 Å². The van der Waals surface area contributed by atoms with Crippen LogP contribution in [0.3, 0.4) is 0 Å². The second-order valence-corrected chi connectivity index (χ2v) is 4.67. The highest BCUT2D eigenvalue weighted by Crippen LogP contribution is 2.21. The van der Waals surface area contributed by atoms with E-state index in [9.17, 15) is 9.50 Å². The Bertz CT molecular complexity index is 556. The molecule has 0 saturated carbocycles. The van der Waals surface area contributed by atoms with E-state index < -0.39 is 0 Å². The van der Waals surface area contributed by atoms with Crippen LogP contribution in [0.25, 0.3) is 11.3 Å². The number of nitrogens with zero attached hydrogens (tertiary/aromatic N) is 3. The standard InChI is InChI=1S/C14H14FN3O/c15-11-3-1-10(2-4-11)13-5-6-14(17-16-13)18-8-7-12(19)9-18/h1-6,12,19H,7-9H2. The Hall–Kier alpha value is -2.01. The molecule has 1 fully saturated rings. The Balaban J connectivity index is 1.80. The number of rotatable bonds is 2. The van der Waals surface area contributed by atoms with Crippen molar-refractivity contribution in [3.05, 3.63) is 42.2 Å². The minimum Gasteiger partial charge on any atom is -0.391 e. The molecule has 5 heteroatoms. The topological polar surface area (TPSA) is 49.2 Å². The Kier molecular flexibility index (Phi) is 3.13. The Morgan fingerprint density at radius 1 is 1.11 bits per heavy atom. The van der Waals surface area contributed by atoms with Crippen LogP contribution in [0.5, 0.6) is 0 Å². The molecule has 1 aromatic carbocycles. The molecule has 19 heavy (non-hydrogen) atoms. The van der Waals surface area contributed by atoms with Crippen LogP contribution in [0.15, 0.2) is 36.4 Å². The van der Waals surface area contributed by atoms with Gasteiger partial charge in [-0.3, -0.25) is 0 Å². The first-order valence-corrected chi connectivity index (χ1v) is 6.25. The first-order chi connectivity index (χ1) is 9.22. The summed E-state index contributed by atoms with van der Waals surface area (Å²) in [6.45, 7) is 1.40. The average Bonchev–Trinajstić information content (AvgIpc) is 2.87. The van der Waals surface area contributed by atoms with Crippen molar-refractivity contribution in [1.82, 2.24) is 10.2 Å². The smallest absolute Gasteiger partial charge is 0.151 e. The summed E-state index contributed by atoms with van der Waals surface area (Å²) in [6, 6.07) is 9.91. The third-order valence-corrected chi connectivity index (χ3v) is 3.28. The van der Waals surface area contributed by atoms with E-state index in [1.54, 1.807) is 12.1 Å². The molecule has 1 aliphatic rings. The number of aromatic nitrogens is 2. The maximum atomic E-state index is 12.8. The molecular formula is C14H14FN3O. The van der Waals surface area contributed by atoms with E-state index in [2.05, 4.69) is 10.2 Å². The van der Waals surface area contributed by atoms with E-state index in [-0.39, 0.29) is 11.9 Å². The van der Waals surface area contributed by atoms with Gasteiger partial charge in [-0.25, -0.2) is 4.39 Å². The number of β-amino-alcohol motifs (C(OH)–C–C–N with tert-alkyl or cyclic N) is 1. The van der Waals surface area contributed by atoms with Gasteiger partial charge in [-0.2, -0.15) is 0 Å². The van der Waals surface area contributed by atoms with Crippen LogP contribution in [-0.4, -0.2) is 34.5 Å². The summed E-state index contributed by atoms with van der Waals surface area (Å²) in [4.78, 5) is 2.01. The molecule has 0 amide bonds. The quantitative estimate of drug-likeness (QED) is 0.894. The lowest BCUT2D eigenvalue weighted by Gasteiger charge is -2.15. The van der Waals surface area contributed by atoms with Crippen molar-refractivity contribution in [1.29, 1.82) is 0 Å². The second kappa shape index (κ2) is 4.93. The van der Waals surface area contributed by atoms with Gasteiger partial charge in [0.25, 0.3) is 0 Å². The molecule has 4 nitrogen and oxygen atoms in total. The molecule has 0 spiro atoms. The van der Waals surface area contributed by atoms with Crippen LogP contribution in [0.4, 0.5) is 10.2 Å². The summed E-state index contributed by atoms with van der Waals surface area (Å²) < 4.78 is 12.8. The van der Waals surface area contributed by atoms with Crippen LogP contribution in [0.1, 0.15) is 6.42 Å². The average molecular weight is 259 g/mol. The summed E-state index contributed by atoms with van der Waals surface area (Å²) >= 11 is 0. The summed E-state index contributed by atoms with van der Waals surface area (Å²) in [5.41, 5.74) is 1.55. The van der Waals surface area contributed by atoms with Crippen LogP contribution in [0, 0.1) is 5.82 Å². The molecule has 0 aliphatic carbocycles. The largest absolute Gasteiger partial charge is 0.391 e. The zero-order chi connectivity index (χ0) is 13.2. The van der Waals surface area contributed by atoms with Gasteiger partial charge in [-0.1, -0.05) is 0 Å². The predicted molar refractivity (Wildman–Crippen MR) is 70.3 cm³/mol. The first-order valence-electron chi connectivity index (χ1n) is 6.25. The zero-order valence-corrected chi connectivity index (χ0v) is 10.3. The second-order valence-electron chi connectivity index (χ2n) is 4.67. The van der Waals surface area contributed by atoms with E-state index in [0.717, 1.165) is 24.3 Å². The molecule has 1 atom stereocenters. The molecule has 3 rings (SSSR count). The lowest BCUT2D eigenvalue weighted by atomic mass is 10.1. The Morgan fingerprint density at radius 3 is 2.47 bits per heavy atom. The van der Waals surface area contributed by atoms with E-state index in [0.29, 0.717) is 12.2 Å². The highest BCUT2D eigenvalue weighted by atomic mass is 19.1. The van der Waals surface area contributed by atoms with Crippen LogP contribution in [-0.2, 0) is 0 Å². The van der Waals surface area contributed by atoms with Gasteiger partial charge < -0.3 is 10.0 Å². The van der Waals surface area contributed by atoms with Gasteiger partial charge in [-0.15, -0.1) is 10.2 Å². The molecule has 0 bridgehead atoms. The van der Waals surface area contributed by atoms with Crippen molar-refractivity contribution < 1.29 is 9.50 Å². The summed E-state index contributed by atoms with van der Waals surface area (Å²) in [6.07, 6.45) is 0.486. The minimum absolute atomic E-state index is 0.264. The van der Waals surface area contributed by atoms with E-state index in [4.69, 9.17) is 0 Å². The number of hydrogen-bond donors (Lipinski definition) is 1. The third kappa shape index (κ3) is 2.56. The normalized spacial score (nSPS) is 18.8. The lowest BCUT2D eigenvalue weighted by molar-refractivity contribution is 0.198. The maximum Gasteiger partial charge on any atom is 0.151 e. The summed E-state index contributed by atoms with van der Waals surface area (Å²) in [7, 11) is 0. The number of anilines is 1. The molecule has 98 valence electrons. The van der Waals surface area contributed by atoms with Crippen molar-refractivity contribution >= 4 is 5.82 Å². The van der Waals surface area contributed by atoms with Gasteiger partial charge in [0.2, 0.25) is 0 Å². The van der Waals surface area contributed by atoms with Crippen molar-refractivity contribution in [2.45, 2.75) is 12.5 Å². The molecule has 0 radical (unpaired) electrons. The molecule has 1 saturated heterocycles. The summed E-state index contributed by atoms with van der Waals surface area (Å²) in [5, 5.41) is 17.8. The third-order valence-electron chi connectivity index (χ3n) is 3.28. The number of aliphatic hydroxyl groups is 1. The van der Waals surface area contributed by atoms with Gasteiger partial charge in [0.1, 0.15) is 5.82 Å². The van der Waals surface area contributed by atoms with Gasteiger partial charge in [0, 0.05) is 18.7 Å².